The van der Waals surface area contributed by atoms with Crippen molar-refractivity contribution in [3.63, 3.8) is 0 Å². The van der Waals surface area contributed by atoms with Gasteiger partial charge >= 0.3 is 6.03 Å². The van der Waals surface area contributed by atoms with Crippen LogP contribution in [0.1, 0.15) is 40.5 Å². The van der Waals surface area contributed by atoms with Crippen LogP contribution in [-0.4, -0.2) is 77.6 Å². The molecule has 0 spiro atoms. The van der Waals surface area contributed by atoms with Gasteiger partial charge in [-0.05, 0) is 62.2 Å². The smallest absolute Gasteiger partial charge is 0.321 e. The van der Waals surface area contributed by atoms with Crippen LogP contribution in [0, 0.1) is 5.82 Å². The van der Waals surface area contributed by atoms with Crippen molar-refractivity contribution in [2.45, 2.75) is 31.8 Å². The molecule has 0 aliphatic carbocycles. The quantitative estimate of drug-likeness (QED) is 0.530. The van der Waals surface area contributed by atoms with Gasteiger partial charge in [-0.3, -0.25) is 19.2 Å². The summed E-state index contributed by atoms with van der Waals surface area (Å²) in [5.41, 5.74) is 1.05. The summed E-state index contributed by atoms with van der Waals surface area (Å²) in [5, 5.41) is 8.14. The Balaban J connectivity index is 1.51. The summed E-state index contributed by atoms with van der Waals surface area (Å²) in [4.78, 5) is 65.9. The molecular formula is C26H28FN5O5. The third kappa shape index (κ3) is 6.11. The van der Waals surface area contributed by atoms with Gasteiger partial charge in [0.2, 0.25) is 11.8 Å². The molecule has 194 valence electrons. The number of piperazine rings is 1. The van der Waals surface area contributed by atoms with Crippen LogP contribution in [0.15, 0.2) is 48.5 Å². The summed E-state index contributed by atoms with van der Waals surface area (Å²) in [6, 6.07) is 9.25. The lowest BCUT2D eigenvalue weighted by Crippen LogP contribution is -2.64. The molecule has 0 aromatic heterocycles. The lowest BCUT2D eigenvalue weighted by molar-refractivity contribution is -0.133. The van der Waals surface area contributed by atoms with E-state index in [1.54, 1.807) is 24.3 Å². The van der Waals surface area contributed by atoms with Crippen molar-refractivity contribution in [1.29, 1.82) is 0 Å². The van der Waals surface area contributed by atoms with E-state index in [4.69, 9.17) is 0 Å². The van der Waals surface area contributed by atoms with Crippen molar-refractivity contribution < 1.29 is 28.4 Å². The molecule has 2 aromatic carbocycles. The van der Waals surface area contributed by atoms with Gasteiger partial charge in [0.25, 0.3) is 5.91 Å². The maximum atomic E-state index is 13.8. The zero-order valence-electron chi connectivity index (χ0n) is 20.3. The molecule has 11 heteroatoms. The minimum absolute atomic E-state index is 0.0288. The van der Waals surface area contributed by atoms with Gasteiger partial charge in [0, 0.05) is 36.4 Å². The summed E-state index contributed by atoms with van der Waals surface area (Å²) >= 11 is 0. The van der Waals surface area contributed by atoms with Gasteiger partial charge < -0.3 is 25.8 Å². The maximum Gasteiger partial charge on any atom is 0.321 e. The second-order valence-corrected chi connectivity index (χ2v) is 9.03. The number of carbonyl (C=O) groups is 5. The number of urea groups is 1. The number of carbonyl (C=O) groups excluding carboxylic acids is 5. The lowest BCUT2D eigenvalue weighted by Gasteiger charge is -2.41. The molecule has 0 bridgehead atoms. The molecule has 2 saturated heterocycles. The summed E-state index contributed by atoms with van der Waals surface area (Å²) in [7, 11) is 0. The van der Waals surface area contributed by atoms with Crippen molar-refractivity contribution in [3.8, 4) is 0 Å². The third-order valence-corrected chi connectivity index (χ3v) is 6.45. The molecule has 3 N–H and O–H groups in total. The van der Waals surface area contributed by atoms with Crippen LogP contribution < -0.4 is 16.0 Å². The Kier molecular flexibility index (Phi) is 7.80. The fourth-order valence-electron chi connectivity index (χ4n) is 4.39. The number of nitrogens with zero attached hydrogens (tertiary/aromatic N) is 2. The average Bonchev–Trinajstić information content (AvgIpc) is 2.89. The number of anilines is 1. The van der Waals surface area contributed by atoms with Gasteiger partial charge in [0.1, 0.15) is 17.9 Å². The number of piperidine rings is 1. The monoisotopic (exact) mass is 509 g/mol. The Morgan fingerprint density at radius 2 is 1.78 bits per heavy atom. The summed E-state index contributed by atoms with van der Waals surface area (Å²) < 4.78 is 13.8. The largest absolute Gasteiger partial charge is 0.354 e. The van der Waals surface area contributed by atoms with E-state index in [9.17, 15) is 28.4 Å². The number of hydrogen-bond donors (Lipinski definition) is 3. The Bertz CT molecular complexity index is 1220. The number of amides is 5. The minimum Gasteiger partial charge on any atom is -0.354 e. The fraction of sp³-hybridized carbons (Fsp3) is 0.346. The molecule has 10 nitrogen and oxygen atoms in total. The second-order valence-electron chi connectivity index (χ2n) is 9.03. The van der Waals surface area contributed by atoms with Crippen molar-refractivity contribution in [2.75, 3.05) is 31.5 Å². The van der Waals surface area contributed by atoms with E-state index in [0.29, 0.717) is 30.6 Å². The lowest BCUT2D eigenvalue weighted by atomic mass is 10.0. The molecule has 2 aliphatic rings. The van der Waals surface area contributed by atoms with E-state index in [-0.39, 0.29) is 36.9 Å². The van der Waals surface area contributed by atoms with Gasteiger partial charge in [-0.25, -0.2) is 9.18 Å². The molecule has 2 aromatic rings. The zero-order valence-corrected chi connectivity index (χ0v) is 20.3. The normalized spacial score (nSPS) is 19.6. The Morgan fingerprint density at radius 1 is 1.03 bits per heavy atom. The van der Waals surface area contributed by atoms with Crippen molar-refractivity contribution >= 4 is 35.2 Å². The molecular weight excluding hydrogens is 481 g/mol. The fourth-order valence-corrected chi connectivity index (χ4v) is 4.39. The van der Waals surface area contributed by atoms with Crippen LogP contribution in [-0.2, 0) is 9.59 Å². The van der Waals surface area contributed by atoms with E-state index in [2.05, 4.69) is 16.0 Å². The number of benzene rings is 2. The highest BCUT2D eigenvalue weighted by Crippen LogP contribution is 2.18. The van der Waals surface area contributed by atoms with Gasteiger partial charge in [-0.1, -0.05) is 6.07 Å². The summed E-state index contributed by atoms with van der Waals surface area (Å²) in [5.74, 6) is -2.11. The SMILES string of the molecule is CC(=O)c1ccc(NC(=O)N2CCN(C(=O)c3cccc(F)c3)[C@H](C(=O)N[C@@H]3CCCNC3=O)C2)cc1. The first kappa shape index (κ1) is 25.8. The second kappa shape index (κ2) is 11.2. The van der Waals surface area contributed by atoms with E-state index in [1.165, 1.54) is 34.9 Å². The number of nitrogens with one attached hydrogen (secondary N) is 3. The molecule has 0 unspecified atom stereocenters. The highest BCUT2D eigenvalue weighted by Gasteiger charge is 2.39. The zero-order chi connectivity index (χ0) is 26.5. The molecule has 4 rings (SSSR count). The Morgan fingerprint density at radius 3 is 2.46 bits per heavy atom. The Hall–Kier alpha value is -4.28. The van der Waals surface area contributed by atoms with Gasteiger partial charge in [-0.2, -0.15) is 0 Å². The first-order chi connectivity index (χ1) is 17.7. The van der Waals surface area contributed by atoms with Crippen LogP contribution in [0.3, 0.4) is 0 Å². The summed E-state index contributed by atoms with van der Waals surface area (Å²) in [6.07, 6.45) is 1.16. The van der Waals surface area contributed by atoms with E-state index in [0.717, 1.165) is 6.07 Å². The van der Waals surface area contributed by atoms with Gasteiger partial charge in [0.05, 0.1) is 6.54 Å². The minimum atomic E-state index is -1.09. The number of Topliss-reactive ketones (excluding diaryl/α,β-unsaturated/α-hetero) is 1. The predicted octanol–water partition coefficient (Wildman–Crippen LogP) is 1.78. The van der Waals surface area contributed by atoms with Gasteiger partial charge in [0.15, 0.2) is 5.78 Å². The molecule has 37 heavy (non-hydrogen) atoms. The standard InChI is InChI=1S/C26H28FN5O5/c1-16(33)17-7-9-20(10-8-17)29-26(37)31-12-13-32(25(36)18-4-2-5-19(27)14-18)22(15-31)24(35)30-21-6-3-11-28-23(21)34/h2,4-5,7-10,14,21-22H,3,6,11-13,15H2,1H3,(H,28,34)(H,29,37)(H,30,35)/t21-,22+/m1/s1. The van der Waals surface area contributed by atoms with E-state index >= 15 is 0 Å². The number of ketones is 1. The molecule has 0 saturated carbocycles. The molecule has 2 atom stereocenters. The highest BCUT2D eigenvalue weighted by molar-refractivity contribution is 5.99. The first-order valence-corrected chi connectivity index (χ1v) is 12.0. The van der Waals surface area contributed by atoms with E-state index in [1.807, 2.05) is 0 Å². The highest BCUT2D eigenvalue weighted by atomic mass is 19.1. The molecule has 2 fully saturated rings. The van der Waals surface area contributed by atoms with Gasteiger partial charge in [-0.15, -0.1) is 0 Å². The predicted molar refractivity (Wildman–Crippen MR) is 132 cm³/mol. The summed E-state index contributed by atoms with van der Waals surface area (Å²) in [6.45, 7) is 2.01. The average molecular weight is 510 g/mol. The van der Waals surface area contributed by atoms with Crippen molar-refractivity contribution in [1.82, 2.24) is 20.4 Å². The number of halogens is 1. The molecule has 2 heterocycles. The maximum absolute atomic E-state index is 13.8. The third-order valence-electron chi connectivity index (χ3n) is 6.45. The first-order valence-electron chi connectivity index (χ1n) is 12.0. The topological polar surface area (TPSA) is 128 Å². The molecule has 2 aliphatic heterocycles. The van der Waals surface area contributed by atoms with Crippen LogP contribution in [0.25, 0.3) is 0 Å². The van der Waals surface area contributed by atoms with E-state index < -0.39 is 35.7 Å². The molecule has 0 radical (unpaired) electrons. The van der Waals surface area contributed by atoms with Crippen LogP contribution in [0.5, 0.6) is 0 Å². The van der Waals surface area contributed by atoms with Crippen LogP contribution in [0.4, 0.5) is 14.9 Å². The number of hydrogen-bond acceptors (Lipinski definition) is 5. The van der Waals surface area contributed by atoms with Crippen molar-refractivity contribution in [2.24, 2.45) is 0 Å². The van der Waals surface area contributed by atoms with Crippen LogP contribution in [0.2, 0.25) is 0 Å². The Labute approximate surface area is 213 Å². The molecule has 5 amide bonds. The number of rotatable bonds is 5. The van der Waals surface area contributed by atoms with Crippen LogP contribution >= 0.6 is 0 Å². The van der Waals surface area contributed by atoms with Crippen molar-refractivity contribution in [3.05, 3.63) is 65.5 Å².